The number of carboxylic acids is 1. The molecule has 0 spiro atoms. The van der Waals surface area contributed by atoms with E-state index in [9.17, 15) is 69.2 Å². The molecule has 394 valence electrons. The van der Waals surface area contributed by atoms with E-state index >= 15 is 4.39 Å². The fraction of sp³-hybridized carbons (Fsp3) is 0.333. The number of aromatic nitrogens is 2. The molecule has 6 heterocycles. The van der Waals surface area contributed by atoms with Crippen LogP contribution < -0.4 is 25.8 Å². The molecule has 0 bridgehead atoms. The van der Waals surface area contributed by atoms with Gasteiger partial charge < -0.3 is 59.7 Å². The molecule has 76 heavy (non-hydrogen) atoms. The molecule has 5 aromatic rings. The predicted octanol–water partition coefficient (Wildman–Crippen LogP) is 1.95. The summed E-state index contributed by atoms with van der Waals surface area (Å²) in [4.78, 5) is 109. The minimum Gasteiger partial charge on any atom is -0.479 e. The molecule has 0 radical (unpaired) electrons. The number of aliphatic hydroxyl groups is 4. The minimum absolute atomic E-state index is 0.0480. The number of ether oxygens (including phenoxy) is 4. The summed E-state index contributed by atoms with van der Waals surface area (Å²) in [7, 11) is 0. The third kappa shape index (κ3) is 8.65. The van der Waals surface area contributed by atoms with Crippen molar-refractivity contribution >= 4 is 58.0 Å². The van der Waals surface area contributed by atoms with Crippen molar-refractivity contribution in [1.29, 1.82) is 0 Å². The molecule has 8 atom stereocenters. The van der Waals surface area contributed by atoms with Crippen LogP contribution in [0.3, 0.4) is 0 Å². The first-order valence-electron chi connectivity index (χ1n) is 23.8. The summed E-state index contributed by atoms with van der Waals surface area (Å²) in [6, 6.07) is 10.9. The van der Waals surface area contributed by atoms with Crippen LogP contribution in [0.4, 0.5) is 20.6 Å². The third-order valence-corrected chi connectivity index (χ3v) is 14.4. The van der Waals surface area contributed by atoms with E-state index in [4.69, 9.17) is 23.9 Å². The number of hydrogen-bond donors (Lipinski definition) is 7. The van der Waals surface area contributed by atoms with Crippen molar-refractivity contribution in [3.8, 4) is 17.1 Å². The molecule has 24 nitrogen and oxygen atoms in total. The predicted molar refractivity (Wildman–Crippen MR) is 255 cm³/mol. The zero-order valence-electron chi connectivity index (χ0n) is 40.1. The SMILES string of the molecule is CCC1(O)C(=O)OCc2c1cc1n(c2=O)Cc2c-1nc1cc(F)c(C)c3c1c2[C@@H](NC(=O)OC(CNC(=O)Cc1ccc(N2C(=O)C=CC2=O)cc1)c1ccc(O[C@@H]2OC(C(=O)O)[C@@H](O)[C@H](O)C2O)c([N+](=O)[O-])c1)CC3. The second-order valence-electron chi connectivity index (χ2n) is 18.8. The minimum atomic E-state index is -2.14. The van der Waals surface area contributed by atoms with Crippen molar-refractivity contribution in [1.82, 2.24) is 20.2 Å². The molecule has 4 aliphatic heterocycles. The van der Waals surface area contributed by atoms with Crippen LogP contribution in [0, 0.1) is 22.9 Å². The first kappa shape index (κ1) is 51.0. The van der Waals surface area contributed by atoms with E-state index in [0.29, 0.717) is 33.2 Å². The van der Waals surface area contributed by atoms with E-state index in [1.165, 1.54) is 47.0 Å². The molecule has 10 rings (SSSR count). The van der Waals surface area contributed by atoms with Gasteiger partial charge in [0.2, 0.25) is 12.2 Å². The van der Waals surface area contributed by atoms with Crippen molar-refractivity contribution in [2.45, 2.75) is 101 Å². The molecular formula is C51H45FN6O18. The molecule has 1 saturated heterocycles. The van der Waals surface area contributed by atoms with Crippen LogP contribution in [0.1, 0.15) is 76.4 Å². The Morgan fingerprint density at radius 3 is 2.39 bits per heavy atom. The fourth-order valence-electron chi connectivity index (χ4n) is 10.4. The molecule has 4 amide bonds. The lowest BCUT2D eigenvalue weighted by Crippen LogP contribution is -2.61. The van der Waals surface area contributed by atoms with Gasteiger partial charge in [0.25, 0.3) is 17.4 Å². The normalized spacial score (nSPS) is 23.6. The van der Waals surface area contributed by atoms with E-state index in [-0.39, 0.29) is 71.5 Å². The molecule has 1 fully saturated rings. The molecule has 4 unspecified atom stereocenters. The molecule has 7 N–H and O–H groups in total. The van der Waals surface area contributed by atoms with Gasteiger partial charge in [0.1, 0.15) is 36.8 Å². The number of alkyl carbamates (subject to hydrolysis) is 1. The Morgan fingerprint density at radius 1 is 0.987 bits per heavy atom. The maximum atomic E-state index is 15.6. The third-order valence-electron chi connectivity index (χ3n) is 14.4. The summed E-state index contributed by atoms with van der Waals surface area (Å²) in [5.74, 6) is -5.56. The summed E-state index contributed by atoms with van der Waals surface area (Å²) in [6.45, 7) is 2.16. The largest absolute Gasteiger partial charge is 0.479 e. The number of nitrogens with one attached hydrogen (secondary N) is 2. The number of carboxylic acid groups (broad SMARTS) is 1. The number of aliphatic carboxylic acids is 1. The maximum absolute atomic E-state index is 15.6. The summed E-state index contributed by atoms with van der Waals surface area (Å²) in [5.41, 5.74) is -0.323. The Morgan fingerprint density at radius 2 is 1.71 bits per heavy atom. The van der Waals surface area contributed by atoms with E-state index < -0.39 is 125 Å². The second kappa shape index (κ2) is 19.3. The quantitative estimate of drug-likeness (QED) is 0.0376. The topological polar surface area (TPSA) is 346 Å². The maximum Gasteiger partial charge on any atom is 0.408 e. The highest BCUT2D eigenvalue weighted by atomic mass is 19.1. The number of nitro benzene ring substituents is 1. The van der Waals surface area contributed by atoms with Crippen LogP contribution in [0.5, 0.6) is 5.75 Å². The lowest BCUT2D eigenvalue weighted by molar-refractivity contribution is -0.387. The number of benzene rings is 3. The summed E-state index contributed by atoms with van der Waals surface area (Å²) in [6.07, 6.45) is -10.8. The Kier molecular flexibility index (Phi) is 13.0. The van der Waals surface area contributed by atoms with Gasteiger partial charge >= 0.3 is 23.7 Å². The molecule has 3 aromatic carbocycles. The molecule has 5 aliphatic rings. The number of anilines is 1. The van der Waals surface area contributed by atoms with Gasteiger partial charge in [0, 0.05) is 46.4 Å². The number of nitro groups is 1. The number of cyclic esters (lactones) is 1. The van der Waals surface area contributed by atoms with Crippen LogP contribution in [-0.4, -0.2) is 113 Å². The average molecular weight is 1050 g/mol. The number of nitrogens with zero attached hydrogens (tertiary/aromatic N) is 4. The second-order valence-corrected chi connectivity index (χ2v) is 18.8. The van der Waals surface area contributed by atoms with Crippen LogP contribution in [0.2, 0.25) is 0 Å². The van der Waals surface area contributed by atoms with Crippen LogP contribution >= 0.6 is 0 Å². The number of amides is 4. The number of aliphatic hydroxyl groups excluding tert-OH is 3. The van der Waals surface area contributed by atoms with Crippen LogP contribution in [-0.2, 0) is 69.8 Å². The Balaban J connectivity index is 0.967. The Hall–Kier alpha value is -8.49. The van der Waals surface area contributed by atoms with Gasteiger partial charge in [-0.1, -0.05) is 25.1 Å². The fourth-order valence-corrected chi connectivity index (χ4v) is 10.4. The molecular weight excluding hydrogens is 1000 g/mol. The molecule has 25 heteroatoms. The van der Waals surface area contributed by atoms with Crippen molar-refractivity contribution in [2.75, 3.05) is 11.4 Å². The number of pyridine rings is 2. The zero-order chi connectivity index (χ0) is 54.2. The lowest BCUT2D eigenvalue weighted by Gasteiger charge is -2.38. The van der Waals surface area contributed by atoms with Gasteiger partial charge in [-0.05, 0) is 72.7 Å². The molecule has 0 saturated carbocycles. The number of esters is 1. The van der Waals surface area contributed by atoms with Gasteiger partial charge in [-0.15, -0.1) is 0 Å². The number of imide groups is 1. The van der Waals surface area contributed by atoms with E-state index in [2.05, 4.69) is 10.6 Å². The number of rotatable bonds is 13. The lowest BCUT2D eigenvalue weighted by atomic mass is 9.81. The van der Waals surface area contributed by atoms with E-state index in [1.807, 2.05) is 0 Å². The summed E-state index contributed by atoms with van der Waals surface area (Å²) < 4.78 is 38.9. The first-order valence-corrected chi connectivity index (χ1v) is 23.8. The van der Waals surface area contributed by atoms with E-state index in [1.54, 1.807) is 13.8 Å². The molecule has 2 aromatic heterocycles. The smallest absolute Gasteiger partial charge is 0.408 e. The van der Waals surface area contributed by atoms with Crippen molar-refractivity contribution in [2.24, 2.45) is 0 Å². The van der Waals surface area contributed by atoms with Crippen LogP contribution in [0.25, 0.3) is 22.3 Å². The van der Waals surface area contributed by atoms with Crippen molar-refractivity contribution in [3.05, 3.63) is 138 Å². The highest BCUT2D eigenvalue weighted by Gasteiger charge is 2.49. The standard InChI is InChI=1S/C51H45FN6O18/c1-3-51(70)28-16-33-41-26(19-56(33)46(65)27(28)20-73-49(51)68)40-30(10-9-25-21(2)29(52)17-31(54-41)39(25)40)55-50(69)75-35(18-53-36(59)14-22-4-7-24(8-5-22)57-37(60)12-13-38(57)61)23-6-11-34(32(15-23)58(71)72)74-48-44(64)42(62)43(63)45(76-48)47(66)67/h4-8,11-13,15-17,30,35,42-45,48,62-64,70H,3,9-10,14,18-20H2,1-2H3,(H,53,59)(H,55,69)(H,66,67)/t30-,35?,42-,43-,44?,45?,48+,51?/m0/s1. The van der Waals surface area contributed by atoms with Gasteiger partial charge in [0.15, 0.2) is 17.5 Å². The highest BCUT2D eigenvalue weighted by Crippen LogP contribution is 2.46. The number of carbonyl (C=O) groups excluding carboxylic acids is 5. The monoisotopic (exact) mass is 1050 g/mol. The molecule has 1 aliphatic carbocycles. The van der Waals surface area contributed by atoms with Crippen molar-refractivity contribution < 1.29 is 82.6 Å². The zero-order valence-corrected chi connectivity index (χ0v) is 40.1. The number of aryl methyl sites for hydroxylation is 1. The van der Waals surface area contributed by atoms with Gasteiger partial charge in [0.05, 0.1) is 58.6 Å². The number of carbonyl (C=O) groups is 6. The van der Waals surface area contributed by atoms with Crippen LogP contribution in [0.15, 0.2) is 71.5 Å². The number of fused-ring (bicyclic) bond motifs is 5. The number of hydrogen-bond acceptors (Lipinski definition) is 18. The summed E-state index contributed by atoms with van der Waals surface area (Å²) >= 11 is 0. The first-order chi connectivity index (χ1) is 36.2. The van der Waals surface area contributed by atoms with Gasteiger partial charge in [-0.3, -0.25) is 29.3 Å². The highest BCUT2D eigenvalue weighted by molar-refractivity contribution is 6.28. The summed E-state index contributed by atoms with van der Waals surface area (Å²) in [5, 5.41) is 70.7. The van der Waals surface area contributed by atoms with Crippen molar-refractivity contribution in [3.63, 3.8) is 0 Å². The van der Waals surface area contributed by atoms with E-state index in [0.717, 1.165) is 29.2 Å². The van der Waals surface area contributed by atoms with Gasteiger partial charge in [-0.25, -0.2) is 28.7 Å². The Labute approximate surface area is 427 Å². The van der Waals surface area contributed by atoms with Gasteiger partial charge in [-0.2, -0.15) is 0 Å². The average Bonchev–Trinajstić information content (AvgIpc) is 3.99. The Bertz CT molecular complexity index is 3440. The number of halogens is 1.